The third-order valence-corrected chi connectivity index (χ3v) is 5.70. The summed E-state index contributed by atoms with van der Waals surface area (Å²) in [5.74, 6) is -0.383. The van der Waals surface area contributed by atoms with Gasteiger partial charge in [-0.05, 0) is 60.2 Å². The van der Waals surface area contributed by atoms with Gasteiger partial charge in [0, 0.05) is 0 Å². The molecule has 0 spiro atoms. The van der Waals surface area contributed by atoms with E-state index in [0.29, 0.717) is 0 Å². The van der Waals surface area contributed by atoms with Crippen LogP contribution in [0.1, 0.15) is 29.5 Å². The molecule has 6 heteroatoms. The SMILES string of the molecule is Cc1ccc(S(=O)(=O)NOC(=O)CC2CCc3ccccc3C2)cc1. The monoisotopic (exact) mass is 359 g/mol. The number of nitrogens with one attached hydrogen (secondary N) is 1. The first-order valence-electron chi connectivity index (χ1n) is 8.29. The van der Waals surface area contributed by atoms with Crippen LogP contribution in [-0.2, 0) is 32.5 Å². The number of hydrogen-bond acceptors (Lipinski definition) is 4. The number of aryl methyl sites for hydroxylation is 2. The smallest absolute Gasteiger partial charge is 0.326 e. The lowest BCUT2D eigenvalue weighted by Crippen LogP contribution is -2.29. The summed E-state index contributed by atoms with van der Waals surface area (Å²) in [4.78, 5) is 18.8. The highest BCUT2D eigenvalue weighted by Gasteiger charge is 2.23. The van der Waals surface area contributed by atoms with Gasteiger partial charge < -0.3 is 4.84 Å². The van der Waals surface area contributed by atoms with Crippen LogP contribution in [0.25, 0.3) is 0 Å². The van der Waals surface area contributed by atoms with Gasteiger partial charge in [-0.25, -0.2) is 8.42 Å². The van der Waals surface area contributed by atoms with E-state index in [-0.39, 0.29) is 17.2 Å². The zero-order chi connectivity index (χ0) is 17.9. The largest absolute Gasteiger partial charge is 0.356 e. The molecule has 132 valence electrons. The Morgan fingerprint density at radius 1 is 1.12 bits per heavy atom. The number of benzene rings is 2. The van der Waals surface area contributed by atoms with Crippen LogP contribution in [0.5, 0.6) is 0 Å². The van der Waals surface area contributed by atoms with Crippen LogP contribution in [0.2, 0.25) is 0 Å². The summed E-state index contributed by atoms with van der Waals surface area (Å²) in [6.07, 6.45) is 2.85. The van der Waals surface area contributed by atoms with Gasteiger partial charge in [0.05, 0.1) is 11.3 Å². The van der Waals surface area contributed by atoms with Crippen molar-refractivity contribution in [1.82, 2.24) is 4.89 Å². The van der Waals surface area contributed by atoms with Crippen molar-refractivity contribution in [3.63, 3.8) is 0 Å². The quantitative estimate of drug-likeness (QED) is 0.833. The zero-order valence-corrected chi connectivity index (χ0v) is 14.9. The van der Waals surface area contributed by atoms with Crippen molar-refractivity contribution in [1.29, 1.82) is 0 Å². The molecule has 0 fully saturated rings. The second-order valence-electron chi connectivity index (χ2n) is 6.46. The van der Waals surface area contributed by atoms with Crippen molar-refractivity contribution < 1.29 is 18.0 Å². The molecule has 25 heavy (non-hydrogen) atoms. The zero-order valence-electron chi connectivity index (χ0n) is 14.1. The number of carbonyl (C=O) groups excluding carboxylic acids is 1. The highest BCUT2D eigenvalue weighted by Crippen LogP contribution is 2.27. The lowest BCUT2D eigenvalue weighted by atomic mass is 9.82. The maximum absolute atomic E-state index is 12.1. The molecule has 1 atom stereocenters. The standard InChI is InChI=1S/C19H21NO4S/c1-14-6-10-18(11-7-14)25(22,23)20-24-19(21)13-15-8-9-16-4-2-3-5-17(16)12-15/h2-7,10-11,15,20H,8-9,12-13H2,1H3. The molecule has 0 bridgehead atoms. The summed E-state index contributed by atoms with van der Waals surface area (Å²) in [6.45, 7) is 1.87. The van der Waals surface area contributed by atoms with Crippen molar-refractivity contribution >= 4 is 16.0 Å². The molecule has 3 rings (SSSR count). The van der Waals surface area contributed by atoms with Gasteiger partial charge in [0.25, 0.3) is 10.0 Å². The Labute approximate surface area is 148 Å². The molecule has 1 aliphatic rings. The molecular weight excluding hydrogens is 338 g/mol. The average Bonchev–Trinajstić information content (AvgIpc) is 2.60. The first-order chi connectivity index (χ1) is 11.9. The van der Waals surface area contributed by atoms with Gasteiger partial charge in [0.15, 0.2) is 0 Å². The number of sulfonamides is 1. The summed E-state index contributed by atoms with van der Waals surface area (Å²) in [7, 11) is -3.85. The van der Waals surface area contributed by atoms with Crippen LogP contribution in [-0.4, -0.2) is 14.4 Å². The molecule has 0 saturated carbocycles. The van der Waals surface area contributed by atoms with Gasteiger partial charge >= 0.3 is 5.97 Å². The minimum Gasteiger partial charge on any atom is -0.356 e. The summed E-state index contributed by atoms with van der Waals surface area (Å²) >= 11 is 0. The molecule has 2 aromatic rings. The third kappa shape index (κ3) is 4.46. The molecule has 5 nitrogen and oxygen atoms in total. The molecule has 0 amide bonds. The Balaban J connectivity index is 1.54. The van der Waals surface area contributed by atoms with Gasteiger partial charge in [0.1, 0.15) is 0 Å². The molecule has 1 aliphatic carbocycles. The Bertz CT molecular complexity index is 859. The number of fused-ring (bicyclic) bond motifs is 1. The van der Waals surface area contributed by atoms with E-state index in [9.17, 15) is 13.2 Å². The Kier molecular flexibility index (Phi) is 5.20. The number of rotatable bonds is 5. The van der Waals surface area contributed by atoms with Crippen molar-refractivity contribution in [2.45, 2.75) is 37.5 Å². The lowest BCUT2D eigenvalue weighted by Gasteiger charge is -2.23. The van der Waals surface area contributed by atoms with Crippen LogP contribution < -0.4 is 4.89 Å². The lowest BCUT2D eigenvalue weighted by molar-refractivity contribution is -0.148. The molecule has 0 aromatic heterocycles. The van der Waals surface area contributed by atoms with Gasteiger partial charge in [-0.1, -0.05) is 42.0 Å². The molecule has 1 N–H and O–H groups in total. The van der Waals surface area contributed by atoms with Crippen LogP contribution in [0.3, 0.4) is 0 Å². The molecular formula is C19H21NO4S. The van der Waals surface area contributed by atoms with Crippen LogP contribution >= 0.6 is 0 Å². The second kappa shape index (κ2) is 7.37. The molecule has 0 radical (unpaired) electrons. The molecule has 0 heterocycles. The van der Waals surface area contributed by atoms with E-state index in [4.69, 9.17) is 4.84 Å². The Morgan fingerprint density at radius 3 is 2.52 bits per heavy atom. The Morgan fingerprint density at radius 2 is 1.80 bits per heavy atom. The van der Waals surface area contributed by atoms with E-state index in [1.165, 1.54) is 23.3 Å². The van der Waals surface area contributed by atoms with E-state index in [1.807, 2.05) is 23.9 Å². The van der Waals surface area contributed by atoms with Gasteiger partial charge in [-0.15, -0.1) is 0 Å². The second-order valence-corrected chi connectivity index (χ2v) is 8.10. The van der Waals surface area contributed by atoms with Crippen LogP contribution in [0.4, 0.5) is 0 Å². The van der Waals surface area contributed by atoms with Crippen LogP contribution in [0, 0.1) is 12.8 Å². The topological polar surface area (TPSA) is 72.5 Å². The van der Waals surface area contributed by atoms with Gasteiger partial charge in [-0.3, -0.25) is 4.79 Å². The van der Waals surface area contributed by atoms with E-state index in [0.717, 1.165) is 24.8 Å². The number of hydrogen-bond donors (Lipinski definition) is 1. The number of carbonyl (C=O) groups is 1. The minimum atomic E-state index is -3.85. The predicted molar refractivity (Wildman–Crippen MR) is 94.2 cm³/mol. The highest BCUT2D eigenvalue weighted by molar-refractivity contribution is 7.89. The molecule has 0 saturated heterocycles. The van der Waals surface area contributed by atoms with Crippen LogP contribution in [0.15, 0.2) is 53.4 Å². The van der Waals surface area contributed by atoms with Gasteiger partial charge in [0.2, 0.25) is 0 Å². The Hall–Kier alpha value is -2.18. The summed E-state index contributed by atoms with van der Waals surface area (Å²) in [5.41, 5.74) is 3.53. The first kappa shape index (κ1) is 17.6. The maximum atomic E-state index is 12.1. The molecule has 2 aromatic carbocycles. The van der Waals surface area contributed by atoms with Gasteiger partial charge in [-0.2, -0.15) is 0 Å². The van der Waals surface area contributed by atoms with E-state index >= 15 is 0 Å². The summed E-state index contributed by atoms with van der Waals surface area (Å²) in [6, 6.07) is 14.5. The minimum absolute atomic E-state index is 0.0671. The van der Waals surface area contributed by atoms with Crippen molar-refractivity contribution in [2.75, 3.05) is 0 Å². The third-order valence-electron chi connectivity index (χ3n) is 4.50. The summed E-state index contributed by atoms with van der Waals surface area (Å²) in [5, 5.41) is 0. The predicted octanol–water partition coefficient (Wildman–Crippen LogP) is 2.93. The van der Waals surface area contributed by atoms with E-state index < -0.39 is 16.0 Å². The van der Waals surface area contributed by atoms with E-state index in [1.54, 1.807) is 12.1 Å². The van der Waals surface area contributed by atoms with E-state index in [2.05, 4.69) is 12.1 Å². The maximum Gasteiger partial charge on any atom is 0.326 e. The highest BCUT2D eigenvalue weighted by atomic mass is 32.2. The fraction of sp³-hybridized carbons (Fsp3) is 0.316. The van der Waals surface area contributed by atoms with Crippen molar-refractivity contribution in [3.05, 3.63) is 65.2 Å². The van der Waals surface area contributed by atoms with Crippen molar-refractivity contribution in [2.24, 2.45) is 5.92 Å². The summed E-state index contributed by atoms with van der Waals surface area (Å²) < 4.78 is 24.2. The fourth-order valence-electron chi connectivity index (χ4n) is 3.09. The molecule has 0 aliphatic heterocycles. The van der Waals surface area contributed by atoms with Crippen molar-refractivity contribution in [3.8, 4) is 0 Å². The normalized spacial score (nSPS) is 16.9. The first-order valence-corrected chi connectivity index (χ1v) is 9.77. The average molecular weight is 359 g/mol. The fourth-order valence-corrected chi connectivity index (χ4v) is 3.88. The molecule has 1 unspecified atom stereocenters.